The first-order valence-corrected chi connectivity index (χ1v) is 9.96. The van der Waals surface area contributed by atoms with Crippen LogP contribution in [0.15, 0.2) is 73.1 Å². The van der Waals surface area contributed by atoms with Crippen LogP contribution in [0.2, 0.25) is 0 Å². The van der Waals surface area contributed by atoms with Crippen LogP contribution >= 0.6 is 0 Å². The highest BCUT2D eigenvalue weighted by Crippen LogP contribution is 2.24. The Morgan fingerprint density at radius 3 is 2.55 bits per heavy atom. The van der Waals surface area contributed by atoms with E-state index in [1.807, 2.05) is 54.6 Å². The molecule has 1 heterocycles. The molecule has 31 heavy (non-hydrogen) atoms. The van der Waals surface area contributed by atoms with E-state index in [-0.39, 0.29) is 5.91 Å². The lowest BCUT2D eigenvalue weighted by atomic mass is 10.1. The smallest absolute Gasteiger partial charge is 0.244 e. The molecule has 6 heteroatoms. The Morgan fingerprint density at radius 2 is 1.84 bits per heavy atom. The second-order valence-corrected chi connectivity index (χ2v) is 6.77. The van der Waals surface area contributed by atoms with E-state index in [1.165, 1.54) is 6.08 Å². The van der Waals surface area contributed by atoms with Gasteiger partial charge in [-0.25, -0.2) is 0 Å². The lowest BCUT2D eigenvalue weighted by molar-refractivity contribution is -0.116. The number of nitrogens with one attached hydrogen (secondary N) is 1. The van der Waals surface area contributed by atoms with Gasteiger partial charge in [-0.3, -0.25) is 9.78 Å². The predicted molar refractivity (Wildman–Crippen MR) is 120 cm³/mol. The van der Waals surface area contributed by atoms with Gasteiger partial charge in [-0.2, -0.15) is 0 Å². The fraction of sp³-hybridized carbons (Fsp3) is 0.200. The Labute approximate surface area is 182 Å². The summed E-state index contributed by atoms with van der Waals surface area (Å²) < 4.78 is 16.4. The highest BCUT2D eigenvalue weighted by atomic mass is 16.5. The average molecular weight is 418 g/mol. The second-order valence-electron chi connectivity index (χ2n) is 6.77. The van der Waals surface area contributed by atoms with Crippen LogP contribution in [0, 0.1) is 0 Å². The fourth-order valence-corrected chi connectivity index (χ4v) is 2.95. The SMILES string of the molecule is COc1ccc(OC)c(CCNC(=O)C=Cc2ccc(OCc3cccnc3)cc2)c1. The third kappa shape index (κ3) is 6.89. The van der Waals surface area contributed by atoms with Crippen LogP contribution in [0.1, 0.15) is 16.7 Å². The van der Waals surface area contributed by atoms with Crippen LogP contribution in [0.4, 0.5) is 0 Å². The molecule has 0 fully saturated rings. The minimum absolute atomic E-state index is 0.154. The van der Waals surface area contributed by atoms with E-state index in [2.05, 4.69) is 10.3 Å². The summed E-state index contributed by atoms with van der Waals surface area (Å²) in [5.41, 5.74) is 2.90. The first-order chi connectivity index (χ1) is 15.2. The summed E-state index contributed by atoms with van der Waals surface area (Å²) in [6, 6.07) is 17.0. The maximum absolute atomic E-state index is 12.1. The Hall–Kier alpha value is -3.80. The van der Waals surface area contributed by atoms with Crippen LogP contribution in [-0.4, -0.2) is 31.7 Å². The monoisotopic (exact) mass is 418 g/mol. The molecule has 0 atom stereocenters. The molecular formula is C25H26N2O4. The molecule has 0 aliphatic carbocycles. The fourth-order valence-electron chi connectivity index (χ4n) is 2.95. The van der Waals surface area contributed by atoms with Crippen LogP contribution in [0.5, 0.6) is 17.2 Å². The zero-order valence-corrected chi connectivity index (χ0v) is 17.7. The molecule has 1 amide bonds. The van der Waals surface area contributed by atoms with Crippen molar-refractivity contribution < 1.29 is 19.0 Å². The van der Waals surface area contributed by atoms with Crippen LogP contribution in [0.3, 0.4) is 0 Å². The van der Waals surface area contributed by atoms with Gasteiger partial charge in [-0.05, 0) is 60.0 Å². The molecule has 0 aliphatic rings. The van der Waals surface area contributed by atoms with Gasteiger partial charge >= 0.3 is 0 Å². The number of hydrogen-bond donors (Lipinski definition) is 1. The number of carbonyl (C=O) groups is 1. The zero-order chi connectivity index (χ0) is 21.9. The van der Waals surface area contributed by atoms with E-state index in [9.17, 15) is 4.79 Å². The van der Waals surface area contributed by atoms with Crippen molar-refractivity contribution in [2.45, 2.75) is 13.0 Å². The van der Waals surface area contributed by atoms with E-state index >= 15 is 0 Å². The number of pyridine rings is 1. The number of hydrogen-bond acceptors (Lipinski definition) is 5. The van der Waals surface area contributed by atoms with E-state index in [0.29, 0.717) is 19.6 Å². The molecular weight excluding hydrogens is 392 g/mol. The third-order valence-electron chi connectivity index (χ3n) is 4.62. The maximum atomic E-state index is 12.1. The second kappa shape index (κ2) is 11.4. The van der Waals surface area contributed by atoms with Crippen molar-refractivity contribution in [2.75, 3.05) is 20.8 Å². The predicted octanol–water partition coefficient (Wildman–Crippen LogP) is 4.05. The Morgan fingerprint density at radius 1 is 1.03 bits per heavy atom. The van der Waals surface area contributed by atoms with Crippen molar-refractivity contribution in [1.82, 2.24) is 10.3 Å². The Bertz CT molecular complexity index is 1000. The van der Waals surface area contributed by atoms with Gasteiger partial charge in [0.2, 0.25) is 5.91 Å². The number of aromatic nitrogens is 1. The van der Waals surface area contributed by atoms with Gasteiger partial charge < -0.3 is 19.5 Å². The van der Waals surface area contributed by atoms with Crippen molar-refractivity contribution in [3.05, 3.63) is 89.8 Å². The van der Waals surface area contributed by atoms with E-state index < -0.39 is 0 Å². The molecule has 0 saturated carbocycles. The quantitative estimate of drug-likeness (QED) is 0.503. The normalized spacial score (nSPS) is 10.6. The van der Waals surface area contributed by atoms with Crippen molar-refractivity contribution in [3.63, 3.8) is 0 Å². The molecule has 2 aromatic carbocycles. The molecule has 0 radical (unpaired) electrons. The highest BCUT2D eigenvalue weighted by Gasteiger charge is 2.05. The number of carbonyl (C=O) groups excluding carboxylic acids is 1. The maximum Gasteiger partial charge on any atom is 0.244 e. The van der Waals surface area contributed by atoms with Crippen molar-refractivity contribution >= 4 is 12.0 Å². The molecule has 0 saturated heterocycles. The molecule has 0 unspecified atom stereocenters. The Balaban J connectivity index is 1.45. The van der Waals surface area contributed by atoms with Gasteiger partial charge in [0.1, 0.15) is 23.9 Å². The summed E-state index contributed by atoms with van der Waals surface area (Å²) in [5, 5.41) is 2.89. The third-order valence-corrected chi connectivity index (χ3v) is 4.62. The standard InChI is InChI=1S/C25H26N2O4/c1-29-23-10-11-24(30-2)21(16-23)13-15-27-25(28)12-7-19-5-8-22(9-6-19)31-18-20-4-3-14-26-17-20/h3-12,14,16-17H,13,15,18H2,1-2H3,(H,27,28). The van der Waals surface area contributed by atoms with Crippen LogP contribution in [0.25, 0.3) is 6.08 Å². The average Bonchev–Trinajstić information content (AvgIpc) is 2.82. The summed E-state index contributed by atoms with van der Waals surface area (Å²) in [5.74, 6) is 2.14. The molecule has 1 N–H and O–H groups in total. The first-order valence-electron chi connectivity index (χ1n) is 9.96. The summed E-state index contributed by atoms with van der Waals surface area (Å²) in [6.07, 6.45) is 7.44. The minimum Gasteiger partial charge on any atom is -0.497 e. The van der Waals surface area contributed by atoms with E-state index in [4.69, 9.17) is 14.2 Å². The molecule has 0 spiro atoms. The van der Waals surface area contributed by atoms with Crippen molar-refractivity contribution in [3.8, 4) is 17.2 Å². The van der Waals surface area contributed by atoms with E-state index in [1.54, 1.807) is 32.7 Å². The molecule has 6 nitrogen and oxygen atoms in total. The van der Waals surface area contributed by atoms with E-state index in [0.717, 1.165) is 33.9 Å². The van der Waals surface area contributed by atoms with Gasteiger partial charge in [0, 0.05) is 30.6 Å². The number of methoxy groups -OCH3 is 2. The molecule has 3 aromatic rings. The topological polar surface area (TPSA) is 69.7 Å². The summed E-state index contributed by atoms with van der Waals surface area (Å²) in [4.78, 5) is 16.2. The van der Waals surface area contributed by atoms with Gasteiger partial charge in [-0.15, -0.1) is 0 Å². The molecule has 3 rings (SSSR count). The van der Waals surface area contributed by atoms with Crippen molar-refractivity contribution in [2.24, 2.45) is 0 Å². The van der Waals surface area contributed by atoms with Gasteiger partial charge in [-0.1, -0.05) is 18.2 Å². The van der Waals surface area contributed by atoms with Gasteiger partial charge in [0.15, 0.2) is 0 Å². The summed E-state index contributed by atoms with van der Waals surface area (Å²) >= 11 is 0. The molecule has 0 bridgehead atoms. The summed E-state index contributed by atoms with van der Waals surface area (Å²) in [7, 11) is 3.25. The van der Waals surface area contributed by atoms with Crippen molar-refractivity contribution in [1.29, 1.82) is 0 Å². The lowest BCUT2D eigenvalue weighted by Crippen LogP contribution is -2.23. The van der Waals surface area contributed by atoms with Crippen LogP contribution < -0.4 is 19.5 Å². The minimum atomic E-state index is -0.154. The summed E-state index contributed by atoms with van der Waals surface area (Å²) in [6.45, 7) is 0.956. The highest BCUT2D eigenvalue weighted by molar-refractivity contribution is 5.91. The van der Waals surface area contributed by atoms with Crippen LogP contribution in [-0.2, 0) is 17.8 Å². The Kier molecular flexibility index (Phi) is 8.05. The number of ether oxygens (including phenoxy) is 3. The molecule has 0 aliphatic heterocycles. The molecule has 1 aromatic heterocycles. The number of rotatable bonds is 10. The molecule has 160 valence electrons. The number of amides is 1. The van der Waals surface area contributed by atoms with Gasteiger partial charge in [0.05, 0.1) is 14.2 Å². The van der Waals surface area contributed by atoms with Gasteiger partial charge in [0.25, 0.3) is 0 Å². The first kappa shape index (κ1) is 21.9. The number of benzene rings is 2. The number of nitrogens with zero attached hydrogens (tertiary/aromatic N) is 1. The zero-order valence-electron chi connectivity index (χ0n) is 17.7. The largest absolute Gasteiger partial charge is 0.497 e. The lowest BCUT2D eigenvalue weighted by Gasteiger charge is -2.10.